The lowest BCUT2D eigenvalue weighted by Gasteiger charge is -2.20. The van der Waals surface area contributed by atoms with E-state index in [0.717, 1.165) is 25.1 Å². The molecule has 2 heterocycles. The number of ether oxygens (including phenoxy) is 1. The number of methoxy groups -OCH3 is 1. The van der Waals surface area contributed by atoms with E-state index >= 15 is 0 Å². The molecule has 0 bridgehead atoms. The Hall–Kier alpha value is -1.20. The molecular weight excluding hydrogens is 206 g/mol. The first-order valence-corrected chi connectivity index (χ1v) is 5.49. The zero-order valence-corrected chi connectivity index (χ0v) is 9.77. The maximum absolute atomic E-state index is 5.24. The van der Waals surface area contributed by atoms with E-state index < -0.39 is 0 Å². The van der Waals surface area contributed by atoms with E-state index in [1.54, 1.807) is 7.11 Å². The van der Waals surface area contributed by atoms with Crippen LogP contribution in [0.15, 0.2) is 10.6 Å². The molecule has 0 aromatic carbocycles. The minimum atomic E-state index is 0.623. The molecule has 0 amide bonds. The minimum Gasteiger partial charge on any atom is -0.384 e. The van der Waals surface area contributed by atoms with Crippen LogP contribution in [0.2, 0.25) is 0 Å². The lowest BCUT2D eigenvalue weighted by molar-refractivity contribution is 0.199. The van der Waals surface area contributed by atoms with Crippen molar-refractivity contribution < 1.29 is 9.26 Å². The fourth-order valence-corrected chi connectivity index (χ4v) is 1.73. The summed E-state index contributed by atoms with van der Waals surface area (Å²) in [5.41, 5.74) is 1.13. The molecule has 1 aromatic rings. The smallest absolute Gasteiger partial charge is 0.254 e. The monoisotopic (exact) mass is 223 g/mol. The second-order valence-electron chi connectivity index (χ2n) is 4.01. The number of aromatic nitrogens is 2. The highest BCUT2D eigenvalue weighted by atomic mass is 16.5. The van der Waals surface area contributed by atoms with Crippen LogP contribution < -0.4 is 0 Å². The Morgan fingerprint density at radius 3 is 3.19 bits per heavy atom. The van der Waals surface area contributed by atoms with Crippen LogP contribution in [0.5, 0.6) is 0 Å². The van der Waals surface area contributed by atoms with Gasteiger partial charge in [-0.05, 0) is 13.5 Å². The van der Waals surface area contributed by atoms with E-state index in [9.17, 15) is 0 Å². The number of hydrogen-bond acceptors (Lipinski definition) is 5. The van der Waals surface area contributed by atoms with Gasteiger partial charge in [0.15, 0.2) is 5.82 Å². The summed E-state index contributed by atoms with van der Waals surface area (Å²) in [5, 5.41) is 3.93. The topological polar surface area (TPSA) is 51.4 Å². The number of hydrogen-bond donors (Lipinski definition) is 0. The molecule has 0 radical (unpaired) electrons. The van der Waals surface area contributed by atoms with Gasteiger partial charge in [0.1, 0.15) is 0 Å². The normalized spacial score (nSPS) is 17.5. The van der Waals surface area contributed by atoms with E-state index in [1.165, 1.54) is 0 Å². The van der Waals surface area contributed by atoms with Gasteiger partial charge in [0.2, 0.25) is 0 Å². The van der Waals surface area contributed by atoms with Gasteiger partial charge in [-0.2, -0.15) is 4.98 Å². The predicted molar refractivity (Wildman–Crippen MR) is 60.0 cm³/mol. The summed E-state index contributed by atoms with van der Waals surface area (Å²) >= 11 is 0. The van der Waals surface area contributed by atoms with Gasteiger partial charge in [-0.3, -0.25) is 0 Å². The second-order valence-corrected chi connectivity index (χ2v) is 4.01. The van der Waals surface area contributed by atoms with Crippen LogP contribution in [-0.4, -0.2) is 48.9 Å². The number of nitrogens with zero attached hydrogens (tertiary/aromatic N) is 3. The van der Waals surface area contributed by atoms with Crippen molar-refractivity contribution >= 4 is 5.57 Å². The maximum Gasteiger partial charge on any atom is 0.254 e. The third kappa shape index (κ3) is 2.68. The van der Waals surface area contributed by atoms with Crippen molar-refractivity contribution in [2.45, 2.75) is 12.8 Å². The van der Waals surface area contributed by atoms with Gasteiger partial charge in [-0.25, -0.2) is 0 Å². The minimum absolute atomic E-state index is 0.623. The van der Waals surface area contributed by atoms with Crippen molar-refractivity contribution in [1.29, 1.82) is 0 Å². The molecule has 0 atom stereocenters. The third-order valence-corrected chi connectivity index (χ3v) is 2.61. The van der Waals surface area contributed by atoms with Gasteiger partial charge in [0.25, 0.3) is 5.89 Å². The Bertz CT molecular complexity index is 373. The van der Waals surface area contributed by atoms with Crippen LogP contribution in [0.1, 0.15) is 18.1 Å². The quantitative estimate of drug-likeness (QED) is 0.761. The molecule has 0 N–H and O–H groups in total. The van der Waals surface area contributed by atoms with Gasteiger partial charge < -0.3 is 14.2 Å². The van der Waals surface area contributed by atoms with Crippen LogP contribution >= 0.6 is 0 Å². The van der Waals surface area contributed by atoms with Crippen molar-refractivity contribution in [2.24, 2.45) is 0 Å². The molecule has 0 unspecified atom stereocenters. The van der Waals surface area contributed by atoms with Gasteiger partial charge in [0.05, 0.1) is 6.61 Å². The van der Waals surface area contributed by atoms with Crippen molar-refractivity contribution in [1.82, 2.24) is 15.0 Å². The van der Waals surface area contributed by atoms with Crippen molar-refractivity contribution in [3.8, 4) is 0 Å². The van der Waals surface area contributed by atoms with Gasteiger partial charge in [0, 0.05) is 32.2 Å². The van der Waals surface area contributed by atoms with E-state index in [0.29, 0.717) is 24.7 Å². The highest BCUT2D eigenvalue weighted by molar-refractivity contribution is 5.60. The summed E-state index contributed by atoms with van der Waals surface area (Å²) in [6.07, 6.45) is 3.92. The molecular formula is C11H17N3O2. The Labute approximate surface area is 95.1 Å². The van der Waals surface area contributed by atoms with E-state index in [-0.39, 0.29) is 0 Å². The molecule has 0 saturated carbocycles. The van der Waals surface area contributed by atoms with Crippen LogP contribution in [0.25, 0.3) is 5.57 Å². The van der Waals surface area contributed by atoms with E-state index in [2.05, 4.69) is 28.2 Å². The maximum atomic E-state index is 5.24. The van der Waals surface area contributed by atoms with Gasteiger partial charge >= 0.3 is 0 Å². The second kappa shape index (κ2) is 5.23. The van der Waals surface area contributed by atoms with Crippen molar-refractivity contribution in [3.05, 3.63) is 17.8 Å². The Morgan fingerprint density at radius 2 is 2.44 bits per heavy atom. The Morgan fingerprint density at radius 1 is 1.56 bits per heavy atom. The summed E-state index contributed by atoms with van der Waals surface area (Å²) < 4.78 is 10.2. The molecule has 16 heavy (non-hydrogen) atoms. The highest BCUT2D eigenvalue weighted by Gasteiger charge is 2.16. The predicted octanol–water partition coefficient (Wildman–Crippen LogP) is 0.977. The SMILES string of the molecule is COCCc1noc(C2=CCCN(C)C2)n1. The summed E-state index contributed by atoms with van der Waals surface area (Å²) in [6, 6.07) is 0. The fourth-order valence-electron chi connectivity index (χ4n) is 1.73. The van der Waals surface area contributed by atoms with Crippen LogP contribution in [0, 0.1) is 0 Å². The summed E-state index contributed by atoms with van der Waals surface area (Å²) in [5.74, 6) is 1.36. The molecule has 1 aliphatic rings. The first-order valence-electron chi connectivity index (χ1n) is 5.49. The molecule has 0 aliphatic carbocycles. The van der Waals surface area contributed by atoms with Crippen LogP contribution in [0.3, 0.4) is 0 Å². The lowest BCUT2D eigenvalue weighted by atomic mass is 10.1. The standard InChI is InChI=1S/C11H17N3O2/c1-14-6-3-4-9(8-14)11-12-10(13-16-11)5-7-15-2/h4H,3,5-8H2,1-2H3. The fraction of sp³-hybridized carbons (Fsp3) is 0.636. The zero-order valence-electron chi connectivity index (χ0n) is 9.77. The molecule has 0 fully saturated rings. The first-order chi connectivity index (χ1) is 7.79. The lowest BCUT2D eigenvalue weighted by Crippen LogP contribution is -2.25. The summed E-state index contributed by atoms with van der Waals surface area (Å²) in [6.45, 7) is 2.60. The zero-order chi connectivity index (χ0) is 11.4. The first kappa shape index (κ1) is 11.3. The molecule has 5 heteroatoms. The average molecular weight is 223 g/mol. The summed E-state index contributed by atoms with van der Waals surface area (Å²) in [7, 11) is 3.76. The van der Waals surface area contributed by atoms with Gasteiger partial charge in [-0.15, -0.1) is 0 Å². The Kier molecular flexibility index (Phi) is 3.69. The molecule has 88 valence electrons. The molecule has 5 nitrogen and oxygen atoms in total. The largest absolute Gasteiger partial charge is 0.384 e. The molecule has 1 aliphatic heterocycles. The van der Waals surface area contributed by atoms with Crippen molar-refractivity contribution in [3.63, 3.8) is 0 Å². The van der Waals surface area contributed by atoms with Crippen LogP contribution in [-0.2, 0) is 11.2 Å². The molecule has 0 spiro atoms. The highest BCUT2D eigenvalue weighted by Crippen LogP contribution is 2.18. The molecule has 1 aromatic heterocycles. The van der Waals surface area contributed by atoms with Crippen LogP contribution in [0.4, 0.5) is 0 Å². The third-order valence-electron chi connectivity index (χ3n) is 2.61. The number of rotatable bonds is 4. The van der Waals surface area contributed by atoms with Crippen molar-refractivity contribution in [2.75, 3.05) is 33.9 Å². The summed E-state index contributed by atoms with van der Waals surface area (Å²) in [4.78, 5) is 6.60. The molecule has 2 rings (SSSR count). The van der Waals surface area contributed by atoms with Gasteiger partial charge in [-0.1, -0.05) is 11.2 Å². The van der Waals surface area contributed by atoms with E-state index in [1.807, 2.05) is 0 Å². The molecule has 0 saturated heterocycles. The Balaban J connectivity index is 2.03. The van der Waals surface area contributed by atoms with E-state index in [4.69, 9.17) is 9.26 Å². The number of likely N-dealkylation sites (N-methyl/N-ethyl adjacent to an activating group) is 1. The average Bonchev–Trinajstić information content (AvgIpc) is 2.75.